The molecule has 2 aromatic carbocycles. The number of fused-ring (bicyclic) bond motifs is 1. The Balaban J connectivity index is 1.65. The number of hydrogen-bond acceptors (Lipinski definition) is 3. The van der Waals surface area contributed by atoms with Gasteiger partial charge in [0.2, 0.25) is 5.91 Å². The number of carbonyl (C=O) groups excluding carboxylic acids is 2. The topological polar surface area (TPSA) is 67.4 Å². The molecule has 0 aromatic heterocycles. The molecule has 23 heavy (non-hydrogen) atoms. The Bertz CT molecular complexity index is 725. The van der Waals surface area contributed by atoms with Crippen LogP contribution in [0.2, 0.25) is 0 Å². The van der Waals surface area contributed by atoms with E-state index in [0.29, 0.717) is 24.3 Å². The van der Waals surface area contributed by atoms with Crippen LogP contribution in [0.5, 0.6) is 5.75 Å². The van der Waals surface area contributed by atoms with Crippen LogP contribution in [0.3, 0.4) is 0 Å². The number of benzene rings is 2. The Labute approximate surface area is 134 Å². The van der Waals surface area contributed by atoms with Crippen molar-refractivity contribution in [3.63, 3.8) is 0 Å². The third-order valence-electron chi connectivity index (χ3n) is 3.89. The summed E-state index contributed by atoms with van der Waals surface area (Å²) in [6.45, 7) is 0.374. The third kappa shape index (κ3) is 3.34. The second-order valence-electron chi connectivity index (χ2n) is 5.47. The van der Waals surface area contributed by atoms with Gasteiger partial charge < -0.3 is 15.4 Å². The monoisotopic (exact) mass is 310 g/mol. The van der Waals surface area contributed by atoms with E-state index in [2.05, 4.69) is 10.6 Å². The Morgan fingerprint density at radius 1 is 1.09 bits per heavy atom. The molecule has 0 fully saturated rings. The van der Waals surface area contributed by atoms with Crippen LogP contribution in [-0.4, -0.2) is 25.5 Å². The van der Waals surface area contributed by atoms with Gasteiger partial charge in [-0.25, -0.2) is 0 Å². The van der Waals surface area contributed by atoms with Gasteiger partial charge in [0.25, 0.3) is 5.91 Å². The van der Waals surface area contributed by atoms with Crippen molar-refractivity contribution >= 4 is 17.5 Å². The summed E-state index contributed by atoms with van der Waals surface area (Å²) in [5.74, 6) is 0.405. The number of carbonyl (C=O) groups is 2. The predicted octanol–water partition coefficient (Wildman–Crippen LogP) is 2.24. The van der Waals surface area contributed by atoms with Gasteiger partial charge in [-0.3, -0.25) is 9.59 Å². The number of para-hydroxylation sites is 1. The van der Waals surface area contributed by atoms with E-state index < -0.39 is 0 Å². The zero-order valence-electron chi connectivity index (χ0n) is 12.8. The Morgan fingerprint density at radius 3 is 2.57 bits per heavy atom. The molecular formula is C18H18N2O3. The fraction of sp³-hybridized carbons (Fsp3) is 0.222. The normalized spacial score (nSPS) is 16.0. The van der Waals surface area contributed by atoms with Gasteiger partial charge in [-0.05, 0) is 42.3 Å². The lowest BCUT2D eigenvalue weighted by molar-refractivity contribution is -0.121. The maximum Gasteiger partial charge on any atom is 0.251 e. The summed E-state index contributed by atoms with van der Waals surface area (Å²) in [5.41, 5.74) is 2.27. The van der Waals surface area contributed by atoms with E-state index in [9.17, 15) is 9.59 Å². The molecule has 5 nitrogen and oxygen atoms in total. The van der Waals surface area contributed by atoms with E-state index in [4.69, 9.17) is 4.74 Å². The van der Waals surface area contributed by atoms with Gasteiger partial charge in [0.05, 0.1) is 5.92 Å². The van der Waals surface area contributed by atoms with Gasteiger partial charge in [0.15, 0.2) is 0 Å². The minimum atomic E-state index is -0.219. The molecule has 3 rings (SSSR count). The summed E-state index contributed by atoms with van der Waals surface area (Å²) in [7, 11) is 1.58. The quantitative estimate of drug-likeness (QED) is 0.913. The molecule has 0 saturated carbocycles. The van der Waals surface area contributed by atoms with Crippen molar-refractivity contribution in [2.45, 2.75) is 6.42 Å². The van der Waals surface area contributed by atoms with Crippen LogP contribution in [0.15, 0.2) is 48.5 Å². The molecule has 1 unspecified atom stereocenters. The maximum atomic E-state index is 12.4. The summed E-state index contributed by atoms with van der Waals surface area (Å²) in [4.78, 5) is 23.9. The summed E-state index contributed by atoms with van der Waals surface area (Å²) >= 11 is 0. The molecule has 2 amide bonds. The van der Waals surface area contributed by atoms with Gasteiger partial charge in [0, 0.05) is 18.3 Å². The zero-order chi connectivity index (χ0) is 16.2. The molecule has 0 saturated heterocycles. The molecule has 1 heterocycles. The summed E-state index contributed by atoms with van der Waals surface area (Å²) in [5, 5.41) is 5.44. The lowest BCUT2D eigenvalue weighted by Crippen LogP contribution is -2.32. The van der Waals surface area contributed by atoms with Crippen LogP contribution in [0, 0.1) is 5.92 Å². The molecule has 1 aliphatic heterocycles. The first-order chi connectivity index (χ1) is 11.2. The highest BCUT2D eigenvalue weighted by Gasteiger charge is 2.25. The standard InChI is InChI=1S/C18H18N2O3/c1-19-17(21)12-6-8-15(9-7-12)20-18(22)14-10-13-4-2-3-5-16(13)23-11-14/h2-9,14H,10-11H2,1H3,(H,19,21)(H,20,22). The van der Waals surface area contributed by atoms with Crippen molar-refractivity contribution in [2.75, 3.05) is 19.0 Å². The summed E-state index contributed by atoms with van der Waals surface area (Å²) in [6, 6.07) is 14.6. The Hall–Kier alpha value is -2.82. The Morgan fingerprint density at radius 2 is 1.83 bits per heavy atom. The first-order valence-electron chi connectivity index (χ1n) is 7.51. The first-order valence-corrected chi connectivity index (χ1v) is 7.51. The van der Waals surface area contributed by atoms with Gasteiger partial charge in [-0.1, -0.05) is 18.2 Å². The van der Waals surface area contributed by atoms with Gasteiger partial charge in [-0.2, -0.15) is 0 Å². The van der Waals surface area contributed by atoms with Crippen molar-refractivity contribution < 1.29 is 14.3 Å². The molecule has 1 aliphatic rings. The number of hydrogen-bond donors (Lipinski definition) is 2. The fourth-order valence-corrected chi connectivity index (χ4v) is 2.59. The molecule has 2 N–H and O–H groups in total. The van der Waals surface area contributed by atoms with Gasteiger partial charge in [-0.15, -0.1) is 0 Å². The number of ether oxygens (including phenoxy) is 1. The molecule has 118 valence electrons. The summed E-state index contributed by atoms with van der Waals surface area (Å²) < 4.78 is 5.65. The second-order valence-corrected chi connectivity index (χ2v) is 5.47. The van der Waals surface area contributed by atoms with E-state index in [-0.39, 0.29) is 17.7 Å². The zero-order valence-corrected chi connectivity index (χ0v) is 12.8. The number of anilines is 1. The molecule has 0 spiro atoms. The smallest absolute Gasteiger partial charge is 0.251 e. The Kier molecular flexibility index (Phi) is 4.28. The lowest BCUT2D eigenvalue weighted by Gasteiger charge is -2.24. The van der Waals surface area contributed by atoms with E-state index in [1.807, 2.05) is 24.3 Å². The van der Waals surface area contributed by atoms with Crippen LogP contribution in [0.1, 0.15) is 15.9 Å². The lowest BCUT2D eigenvalue weighted by atomic mass is 9.96. The number of rotatable bonds is 3. The first kappa shape index (κ1) is 15.1. The number of nitrogens with one attached hydrogen (secondary N) is 2. The van der Waals surface area contributed by atoms with Gasteiger partial charge >= 0.3 is 0 Å². The van der Waals surface area contributed by atoms with Crippen LogP contribution in [-0.2, 0) is 11.2 Å². The molecule has 0 radical (unpaired) electrons. The highest BCUT2D eigenvalue weighted by atomic mass is 16.5. The van der Waals surface area contributed by atoms with Crippen molar-refractivity contribution in [2.24, 2.45) is 5.92 Å². The van der Waals surface area contributed by atoms with E-state index >= 15 is 0 Å². The van der Waals surface area contributed by atoms with Crippen molar-refractivity contribution in [3.8, 4) is 5.75 Å². The van der Waals surface area contributed by atoms with Crippen LogP contribution >= 0.6 is 0 Å². The molecular weight excluding hydrogens is 292 g/mol. The molecule has 2 aromatic rings. The van der Waals surface area contributed by atoms with Crippen LogP contribution in [0.4, 0.5) is 5.69 Å². The van der Waals surface area contributed by atoms with Crippen molar-refractivity contribution in [3.05, 3.63) is 59.7 Å². The molecule has 1 atom stereocenters. The fourth-order valence-electron chi connectivity index (χ4n) is 2.59. The molecule has 5 heteroatoms. The minimum absolute atomic E-state index is 0.0767. The molecule has 0 aliphatic carbocycles. The maximum absolute atomic E-state index is 12.4. The number of amides is 2. The van der Waals surface area contributed by atoms with Crippen molar-refractivity contribution in [1.29, 1.82) is 0 Å². The largest absolute Gasteiger partial charge is 0.492 e. The predicted molar refractivity (Wildman–Crippen MR) is 87.6 cm³/mol. The van der Waals surface area contributed by atoms with Crippen molar-refractivity contribution in [1.82, 2.24) is 5.32 Å². The van der Waals surface area contributed by atoms with Gasteiger partial charge in [0.1, 0.15) is 12.4 Å². The average molecular weight is 310 g/mol. The van der Waals surface area contributed by atoms with E-state index in [1.165, 1.54) is 0 Å². The SMILES string of the molecule is CNC(=O)c1ccc(NC(=O)C2COc3ccccc3C2)cc1. The highest BCUT2D eigenvalue weighted by Crippen LogP contribution is 2.27. The summed E-state index contributed by atoms with van der Waals surface area (Å²) in [6.07, 6.45) is 0.665. The molecule has 0 bridgehead atoms. The highest BCUT2D eigenvalue weighted by molar-refractivity contribution is 5.96. The third-order valence-corrected chi connectivity index (χ3v) is 3.89. The van der Waals surface area contributed by atoms with E-state index in [1.54, 1.807) is 31.3 Å². The van der Waals surface area contributed by atoms with Crippen LogP contribution < -0.4 is 15.4 Å². The average Bonchev–Trinajstić information content (AvgIpc) is 2.61. The minimum Gasteiger partial charge on any atom is -0.492 e. The second kappa shape index (κ2) is 6.52. The van der Waals surface area contributed by atoms with Crippen LogP contribution in [0.25, 0.3) is 0 Å². The van der Waals surface area contributed by atoms with E-state index in [0.717, 1.165) is 11.3 Å².